The molecule has 0 atom stereocenters. The van der Waals surface area contributed by atoms with Crippen LogP contribution in [0.15, 0.2) is 48.8 Å². The minimum atomic E-state index is -0.212. The molecule has 0 bridgehead atoms. The lowest BCUT2D eigenvalue weighted by molar-refractivity contribution is 0.0920. The van der Waals surface area contributed by atoms with Crippen LogP contribution in [-0.2, 0) is 0 Å². The van der Waals surface area contributed by atoms with Crippen LogP contribution >= 0.6 is 0 Å². The molecule has 1 N–H and O–H groups in total. The number of rotatable bonds is 5. The van der Waals surface area contributed by atoms with Crippen LogP contribution in [0.25, 0.3) is 10.9 Å². The van der Waals surface area contributed by atoms with E-state index in [0.29, 0.717) is 23.1 Å². The molecule has 0 aliphatic heterocycles. The number of hydrogen-bond acceptors (Lipinski definition) is 3. The minimum Gasteiger partial charge on any atom is -0.347 e. The molecule has 5 rings (SSSR count). The average Bonchev–Trinajstić information content (AvgIpc) is 3.58. The van der Waals surface area contributed by atoms with E-state index in [4.69, 9.17) is 6.42 Å². The number of terminal acetylenes is 1. The quantitative estimate of drug-likeness (QED) is 0.557. The van der Waals surface area contributed by atoms with E-state index in [1.165, 1.54) is 11.6 Å². The van der Waals surface area contributed by atoms with Gasteiger partial charge >= 0.3 is 0 Å². The van der Waals surface area contributed by atoms with Crippen molar-refractivity contribution < 1.29 is 9.18 Å². The van der Waals surface area contributed by atoms with E-state index in [2.05, 4.69) is 27.3 Å². The summed E-state index contributed by atoms with van der Waals surface area (Å²) in [7, 11) is 0. The molecule has 1 aromatic carbocycles. The standard InChI is InChI=1S/C27H26FN3O/c1-2-22-9-7-20(17-30-22)26(32)31-27(12-13-27)16-18-3-5-19(6-4-18)23-11-14-29-25-10-8-21(28)15-24(23)25/h1,7-11,14-15,17-19H,3-6,12-13,16H2,(H,31,32)/t18-,19+. The highest BCUT2D eigenvalue weighted by molar-refractivity contribution is 5.94. The Morgan fingerprint density at radius 1 is 1.12 bits per heavy atom. The molecule has 4 nitrogen and oxygen atoms in total. The summed E-state index contributed by atoms with van der Waals surface area (Å²) in [4.78, 5) is 21.2. The Balaban J connectivity index is 1.20. The Labute approximate surface area is 187 Å². The van der Waals surface area contributed by atoms with E-state index in [1.807, 2.05) is 6.20 Å². The number of pyridine rings is 2. The molecule has 162 valence electrons. The first-order chi connectivity index (χ1) is 15.5. The van der Waals surface area contributed by atoms with Crippen molar-refractivity contribution in [3.8, 4) is 12.3 Å². The molecule has 2 fully saturated rings. The highest BCUT2D eigenvalue weighted by Gasteiger charge is 2.46. The van der Waals surface area contributed by atoms with Gasteiger partial charge in [-0.2, -0.15) is 0 Å². The van der Waals surface area contributed by atoms with Gasteiger partial charge in [0.25, 0.3) is 5.91 Å². The molecule has 1 amide bonds. The van der Waals surface area contributed by atoms with Crippen molar-refractivity contribution in [3.05, 3.63) is 71.4 Å². The second kappa shape index (κ2) is 8.35. The van der Waals surface area contributed by atoms with Crippen molar-refractivity contribution in [1.29, 1.82) is 0 Å². The van der Waals surface area contributed by atoms with Gasteiger partial charge in [0.1, 0.15) is 11.5 Å². The number of hydrogen-bond donors (Lipinski definition) is 1. The first-order valence-electron chi connectivity index (χ1n) is 11.3. The first kappa shape index (κ1) is 20.6. The molecule has 32 heavy (non-hydrogen) atoms. The normalized spacial score (nSPS) is 21.6. The summed E-state index contributed by atoms with van der Waals surface area (Å²) in [6, 6.07) is 10.3. The number of carbonyl (C=O) groups is 1. The van der Waals surface area contributed by atoms with E-state index in [0.717, 1.165) is 55.8 Å². The molecule has 0 unspecified atom stereocenters. The maximum Gasteiger partial charge on any atom is 0.253 e. The summed E-state index contributed by atoms with van der Waals surface area (Å²) in [6.07, 6.45) is 16.2. The molecular formula is C27H26FN3O. The Hall–Kier alpha value is -3.26. The van der Waals surface area contributed by atoms with Crippen LogP contribution in [0, 0.1) is 24.1 Å². The fourth-order valence-corrected chi connectivity index (χ4v) is 5.18. The van der Waals surface area contributed by atoms with Crippen molar-refractivity contribution in [2.75, 3.05) is 0 Å². The van der Waals surface area contributed by atoms with Gasteiger partial charge in [-0.25, -0.2) is 9.37 Å². The van der Waals surface area contributed by atoms with Crippen molar-refractivity contribution in [2.24, 2.45) is 5.92 Å². The molecular weight excluding hydrogens is 401 g/mol. The Morgan fingerprint density at radius 2 is 1.94 bits per heavy atom. The monoisotopic (exact) mass is 427 g/mol. The van der Waals surface area contributed by atoms with E-state index >= 15 is 0 Å². The molecule has 2 saturated carbocycles. The zero-order valence-corrected chi connectivity index (χ0v) is 18.0. The topological polar surface area (TPSA) is 54.9 Å². The molecule has 0 spiro atoms. The van der Waals surface area contributed by atoms with Gasteiger partial charge in [-0.05, 0) is 98.7 Å². The molecule has 2 aliphatic carbocycles. The third-order valence-electron chi connectivity index (χ3n) is 7.11. The van der Waals surface area contributed by atoms with Gasteiger partial charge < -0.3 is 5.32 Å². The van der Waals surface area contributed by atoms with Crippen molar-refractivity contribution in [1.82, 2.24) is 15.3 Å². The van der Waals surface area contributed by atoms with Gasteiger partial charge in [-0.3, -0.25) is 9.78 Å². The lowest BCUT2D eigenvalue weighted by Gasteiger charge is -2.32. The van der Waals surface area contributed by atoms with E-state index in [9.17, 15) is 9.18 Å². The summed E-state index contributed by atoms with van der Waals surface area (Å²) >= 11 is 0. The molecule has 2 aliphatic rings. The highest BCUT2D eigenvalue weighted by Crippen LogP contribution is 2.47. The van der Waals surface area contributed by atoms with Crippen LogP contribution in [0.2, 0.25) is 0 Å². The van der Waals surface area contributed by atoms with Gasteiger partial charge in [0.05, 0.1) is 11.1 Å². The summed E-state index contributed by atoms with van der Waals surface area (Å²) in [5.41, 5.74) is 3.08. The van der Waals surface area contributed by atoms with Gasteiger partial charge in [0.15, 0.2) is 0 Å². The lowest BCUT2D eigenvalue weighted by Crippen LogP contribution is -2.38. The van der Waals surface area contributed by atoms with Crippen LogP contribution in [0.5, 0.6) is 0 Å². The zero-order valence-electron chi connectivity index (χ0n) is 18.0. The second-order valence-corrected chi connectivity index (χ2v) is 9.29. The van der Waals surface area contributed by atoms with Crippen LogP contribution in [0.3, 0.4) is 0 Å². The van der Waals surface area contributed by atoms with E-state index in [1.54, 1.807) is 30.5 Å². The van der Waals surface area contributed by atoms with Crippen LogP contribution < -0.4 is 5.32 Å². The lowest BCUT2D eigenvalue weighted by atomic mass is 9.75. The minimum absolute atomic E-state index is 0.0717. The average molecular weight is 428 g/mol. The predicted octanol–water partition coefficient (Wildman–Crippen LogP) is 5.38. The molecule has 0 saturated heterocycles. The summed E-state index contributed by atoms with van der Waals surface area (Å²) in [5.74, 6) is 3.22. The number of nitrogens with one attached hydrogen (secondary N) is 1. The summed E-state index contributed by atoms with van der Waals surface area (Å²) in [6.45, 7) is 0. The Kier molecular flexibility index (Phi) is 5.38. The molecule has 0 radical (unpaired) electrons. The number of aromatic nitrogens is 2. The first-order valence-corrected chi connectivity index (χ1v) is 11.3. The molecule has 2 aromatic heterocycles. The maximum absolute atomic E-state index is 13.8. The Bertz CT molecular complexity index is 1190. The number of carbonyl (C=O) groups excluding carboxylic acids is 1. The number of fused-ring (bicyclic) bond motifs is 1. The van der Waals surface area contributed by atoms with Crippen molar-refractivity contribution in [3.63, 3.8) is 0 Å². The molecule has 3 aromatic rings. The smallest absolute Gasteiger partial charge is 0.253 e. The van der Waals surface area contributed by atoms with E-state index in [-0.39, 0.29) is 17.3 Å². The third kappa shape index (κ3) is 4.23. The summed E-state index contributed by atoms with van der Waals surface area (Å²) < 4.78 is 13.8. The van der Waals surface area contributed by atoms with Crippen LogP contribution in [0.4, 0.5) is 4.39 Å². The predicted molar refractivity (Wildman–Crippen MR) is 123 cm³/mol. The van der Waals surface area contributed by atoms with Gasteiger partial charge in [0.2, 0.25) is 0 Å². The number of nitrogens with zero attached hydrogens (tertiary/aromatic N) is 2. The largest absolute Gasteiger partial charge is 0.347 e. The van der Waals surface area contributed by atoms with Crippen LogP contribution in [0.1, 0.15) is 72.5 Å². The van der Waals surface area contributed by atoms with Gasteiger partial charge in [-0.1, -0.05) is 5.92 Å². The van der Waals surface area contributed by atoms with Crippen molar-refractivity contribution >= 4 is 16.8 Å². The Morgan fingerprint density at radius 3 is 2.62 bits per heavy atom. The molecule has 5 heteroatoms. The van der Waals surface area contributed by atoms with Crippen LogP contribution in [-0.4, -0.2) is 21.4 Å². The number of halogens is 1. The maximum atomic E-state index is 13.8. The SMILES string of the molecule is C#Cc1ccc(C(=O)NC2(C[C@H]3CC[C@@H](c4ccnc5ccc(F)cc54)CC3)CC2)cn1. The molecule has 2 heterocycles. The highest BCUT2D eigenvalue weighted by atomic mass is 19.1. The number of amides is 1. The third-order valence-corrected chi connectivity index (χ3v) is 7.11. The number of benzene rings is 1. The van der Waals surface area contributed by atoms with E-state index < -0.39 is 0 Å². The fourth-order valence-electron chi connectivity index (χ4n) is 5.18. The van der Waals surface area contributed by atoms with Gasteiger partial charge in [0, 0.05) is 23.3 Å². The zero-order chi connectivity index (χ0) is 22.1. The van der Waals surface area contributed by atoms with Crippen molar-refractivity contribution in [2.45, 2.75) is 56.4 Å². The fraction of sp³-hybridized carbons (Fsp3) is 0.370. The van der Waals surface area contributed by atoms with Gasteiger partial charge in [-0.15, -0.1) is 6.42 Å². The second-order valence-electron chi connectivity index (χ2n) is 9.29. The summed E-state index contributed by atoms with van der Waals surface area (Å²) in [5, 5.41) is 4.20.